The molecule has 0 spiro atoms. The molecular formula is C17H20ClN3. The number of nitrogens with one attached hydrogen (secondary N) is 1. The van der Waals surface area contributed by atoms with Crippen LogP contribution in [-0.4, -0.2) is 9.97 Å². The van der Waals surface area contributed by atoms with Crippen molar-refractivity contribution in [2.75, 3.05) is 5.32 Å². The van der Waals surface area contributed by atoms with Gasteiger partial charge in [-0.1, -0.05) is 30.2 Å². The molecule has 0 saturated heterocycles. The van der Waals surface area contributed by atoms with Crippen LogP contribution in [0.15, 0.2) is 30.6 Å². The normalized spacial score (nSPS) is 15.9. The molecule has 1 aliphatic carbocycles. The Morgan fingerprint density at radius 3 is 2.62 bits per heavy atom. The number of aromatic nitrogens is 2. The zero-order valence-corrected chi connectivity index (χ0v) is 13.0. The van der Waals surface area contributed by atoms with Gasteiger partial charge in [0.15, 0.2) is 0 Å². The van der Waals surface area contributed by atoms with Gasteiger partial charge in [0.1, 0.15) is 12.1 Å². The molecular weight excluding hydrogens is 282 g/mol. The van der Waals surface area contributed by atoms with Crippen molar-refractivity contribution in [3.05, 3.63) is 52.4 Å². The van der Waals surface area contributed by atoms with Gasteiger partial charge in [-0.25, -0.2) is 9.97 Å². The van der Waals surface area contributed by atoms with Gasteiger partial charge >= 0.3 is 0 Å². The van der Waals surface area contributed by atoms with Crippen molar-refractivity contribution >= 4 is 17.4 Å². The number of fused-ring (bicyclic) bond motifs is 1. The van der Waals surface area contributed by atoms with Crippen LogP contribution in [0.25, 0.3) is 0 Å². The van der Waals surface area contributed by atoms with Crippen molar-refractivity contribution in [1.29, 1.82) is 0 Å². The summed E-state index contributed by atoms with van der Waals surface area (Å²) in [7, 11) is 0. The van der Waals surface area contributed by atoms with E-state index in [0.717, 1.165) is 23.7 Å². The van der Waals surface area contributed by atoms with Gasteiger partial charge in [0, 0.05) is 22.3 Å². The molecule has 110 valence electrons. The maximum absolute atomic E-state index is 5.95. The Labute approximate surface area is 130 Å². The molecule has 0 bridgehead atoms. The quantitative estimate of drug-likeness (QED) is 0.844. The Morgan fingerprint density at radius 2 is 1.81 bits per heavy atom. The van der Waals surface area contributed by atoms with Crippen molar-refractivity contribution in [3.63, 3.8) is 0 Å². The first-order valence-corrected chi connectivity index (χ1v) is 7.96. The highest BCUT2D eigenvalue weighted by Crippen LogP contribution is 2.27. The summed E-state index contributed by atoms with van der Waals surface area (Å²) in [6, 6.07) is 8.16. The largest absolute Gasteiger partial charge is 0.363 e. The number of hydrogen-bond acceptors (Lipinski definition) is 3. The van der Waals surface area contributed by atoms with Crippen molar-refractivity contribution in [2.45, 2.75) is 45.1 Å². The number of anilines is 1. The second-order valence-corrected chi connectivity index (χ2v) is 6.06. The molecule has 1 aliphatic rings. The topological polar surface area (TPSA) is 37.8 Å². The molecule has 1 atom stereocenters. The van der Waals surface area contributed by atoms with Gasteiger partial charge in [-0.05, 0) is 50.3 Å². The Morgan fingerprint density at radius 1 is 1.05 bits per heavy atom. The first-order chi connectivity index (χ1) is 10.2. The first kappa shape index (κ1) is 14.3. The van der Waals surface area contributed by atoms with E-state index >= 15 is 0 Å². The van der Waals surface area contributed by atoms with Crippen molar-refractivity contribution in [2.24, 2.45) is 0 Å². The molecule has 0 saturated carbocycles. The summed E-state index contributed by atoms with van der Waals surface area (Å²) in [5, 5.41) is 4.30. The van der Waals surface area contributed by atoms with E-state index in [1.165, 1.54) is 36.1 Å². The third-order valence-electron chi connectivity index (χ3n) is 4.10. The van der Waals surface area contributed by atoms with Crippen LogP contribution >= 0.6 is 11.6 Å². The Hall–Kier alpha value is -1.61. The second-order valence-electron chi connectivity index (χ2n) is 5.63. The highest BCUT2D eigenvalue weighted by Gasteiger charge is 2.16. The third-order valence-corrected chi connectivity index (χ3v) is 4.35. The lowest BCUT2D eigenvalue weighted by molar-refractivity contribution is 0.708. The standard InChI is InChI=1S/C17H20ClN3/c1-12(13-7-9-14(18)10-8-13)21-17-15-5-3-2-4-6-16(15)19-11-20-17/h7-12H,2-6H2,1H3,(H,19,20,21). The van der Waals surface area contributed by atoms with E-state index in [1.807, 2.05) is 12.1 Å². The average molecular weight is 302 g/mol. The molecule has 3 rings (SSSR count). The highest BCUT2D eigenvalue weighted by molar-refractivity contribution is 6.30. The molecule has 0 radical (unpaired) electrons. The van der Waals surface area contributed by atoms with Crippen LogP contribution in [0.5, 0.6) is 0 Å². The summed E-state index contributed by atoms with van der Waals surface area (Å²) in [6.45, 7) is 2.15. The summed E-state index contributed by atoms with van der Waals surface area (Å²) in [6.07, 6.45) is 7.57. The summed E-state index contributed by atoms with van der Waals surface area (Å²) >= 11 is 5.95. The monoisotopic (exact) mass is 301 g/mol. The second kappa shape index (κ2) is 6.44. The van der Waals surface area contributed by atoms with Gasteiger partial charge in [-0.15, -0.1) is 0 Å². The van der Waals surface area contributed by atoms with Gasteiger partial charge in [-0.3, -0.25) is 0 Å². The van der Waals surface area contributed by atoms with Crippen molar-refractivity contribution in [3.8, 4) is 0 Å². The molecule has 0 aliphatic heterocycles. The molecule has 1 aromatic carbocycles. The minimum absolute atomic E-state index is 0.199. The van der Waals surface area contributed by atoms with Crippen molar-refractivity contribution in [1.82, 2.24) is 9.97 Å². The Bertz CT molecular complexity index is 610. The van der Waals surface area contributed by atoms with E-state index in [-0.39, 0.29) is 6.04 Å². The smallest absolute Gasteiger partial charge is 0.133 e. The fourth-order valence-corrected chi connectivity index (χ4v) is 2.99. The van der Waals surface area contributed by atoms with Crippen LogP contribution in [-0.2, 0) is 12.8 Å². The van der Waals surface area contributed by atoms with Crippen molar-refractivity contribution < 1.29 is 0 Å². The van der Waals surface area contributed by atoms with E-state index in [9.17, 15) is 0 Å². The predicted octanol–water partition coefficient (Wildman–Crippen LogP) is 4.57. The van der Waals surface area contributed by atoms with Crippen LogP contribution in [0.2, 0.25) is 5.02 Å². The lowest BCUT2D eigenvalue weighted by Crippen LogP contribution is -2.12. The molecule has 1 heterocycles. The van der Waals surface area contributed by atoms with E-state index in [1.54, 1.807) is 6.33 Å². The van der Waals surface area contributed by atoms with Crippen LogP contribution in [0, 0.1) is 0 Å². The zero-order chi connectivity index (χ0) is 14.7. The molecule has 1 N–H and O–H groups in total. The Balaban J connectivity index is 1.83. The van der Waals surface area contributed by atoms with Gasteiger partial charge in [0.2, 0.25) is 0 Å². The van der Waals surface area contributed by atoms with E-state index in [2.05, 4.69) is 34.3 Å². The predicted molar refractivity (Wildman–Crippen MR) is 86.8 cm³/mol. The van der Waals surface area contributed by atoms with Gasteiger partial charge < -0.3 is 5.32 Å². The number of nitrogens with zero attached hydrogens (tertiary/aromatic N) is 2. The van der Waals surface area contributed by atoms with Crippen LogP contribution < -0.4 is 5.32 Å². The molecule has 1 aromatic heterocycles. The number of benzene rings is 1. The van der Waals surface area contributed by atoms with Gasteiger partial charge in [-0.2, -0.15) is 0 Å². The Kier molecular flexibility index (Phi) is 4.39. The summed E-state index contributed by atoms with van der Waals surface area (Å²) < 4.78 is 0. The number of aryl methyl sites for hydroxylation is 1. The SMILES string of the molecule is CC(Nc1ncnc2c1CCCCC2)c1ccc(Cl)cc1. The van der Waals surface area contributed by atoms with Gasteiger partial charge in [0.05, 0.1) is 0 Å². The van der Waals surface area contributed by atoms with E-state index in [4.69, 9.17) is 11.6 Å². The fourth-order valence-electron chi connectivity index (χ4n) is 2.86. The molecule has 3 nitrogen and oxygen atoms in total. The molecule has 21 heavy (non-hydrogen) atoms. The van der Waals surface area contributed by atoms with E-state index < -0.39 is 0 Å². The minimum Gasteiger partial charge on any atom is -0.363 e. The summed E-state index contributed by atoms with van der Waals surface area (Å²) in [4.78, 5) is 8.93. The van der Waals surface area contributed by atoms with Gasteiger partial charge in [0.25, 0.3) is 0 Å². The summed E-state index contributed by atoms with van der Waals surface area (Å²) in [5.41, 5.74) is 3.73. The van der Waals surface area contributed by atoms with Crippen LogP contribution in [0.3, 0.4) is 0 Å². The first-order valence-electron chi connectivity index (χ1n) is 7.59. The molecule has 0 fully saturated rings. The average Bonchev–Trinajstić information content (AvgIpc) is 2.74. The molecule has 4 heteroatoms. The molecule has 1 unspecified atom stereocenters. The highest BCUT2D eigenvalue weighted by atomic mass is 35.5. The van der Waals surface area contributed by atoms with Crippen LogP contribution in [0.1, 0.15) is 49.0 Å². The minimum atomic E-state index is 0.199. The van der Waals surface area contributed by atoms with E-state index in [0.29, 0.717) is 0 Å². The maximum Gasteiger partial charge on any atom is 0.133 e. The number of halogens is 1. The molecule has 2 aromatic rings. The van der Waals surface area contributed by atoms with Crippen LogP contribution in [0.4, 0.5) is 5.82 Å². The number of rotatable bonds is 3. The fraction of sp³-hybridized carbons (Fsp3) is 0.412. The maximum atomic E-state index is 5.95. The third kappa shape index (κ3) is 3.35. The lowest BCUT2D eigenvalue weighted by atomic mass is 10.1. The zero-order valence-electron chi connectivity index (χ0n) is 12.3. The molecule has 0 amide bonds. The lowest BCUT2D eigenvalue weighted by Gasteiger charge is -2.18. The summed E-state index contributed by atoms with van der Waals surface area (Å²) in [5.74, 6) is 0.990. The number of hydrogen-bond donors (Lipinski definition) is 1.